The molecular formula is C13H18N4O2S. The number of pyridine rings is 1. The zero-order valence-electron chi connectivity index (χ0n) is 11.1. The van der Waals surface area contributed by atoms with Gasteiger partial charge in [0.1, 0.15) is 0 Å². The van der Waals surface area contributed by atoms with Gasteiger partial charge in [0.05, 0.1) is 22.7 Å². The fourth-order valence-corrected chi connectivity index (χ4v) is 2.71. The first-order chi connectivity index (χ1) is 9.63. The van der Waals surface area contributed by atoms with E-state index in [1.54, 1.807) is 12.1 Å². The van der Waals surface area contributed by atoms with E-state index in [9.17, 15) is 9.59 Å². The van der Waals surface area contributed by atoms with E-state index in [1.165, 1.54) is 18.0 Å². The van der Waals surface area contributed by atoms with Crippen molar-refractivity contribution in [1.82, 2.24) is 15.6 Å². The molecule has 4 N–H and O–H groups in total. The van der Waals surface area contributed by atoms with Crippen molar-refractivity contribution in [3.05, 3.63) is 18.3 Å². The van der Waals surface area contributed by atoms with Gasteiger partial charge in [-0.2, -0.15) is 0 Å². The van der Waals surface area contributed by atoms with Gasteiger partial charge in [-0.3, -0.25) is 10.1 Å². The third kappa shape index (κ3) is 4.73. The Hall–Kier alpha value is -1.76. The lowest BCUT2D eigenvalue weighted by Gasteiger charge is -2.12. The van der Waals surface area contributed by atoms with Gasteiger partial charge in [0.25, 0.3) is 0 Å². The van der Waals surface area contributed by atoms with Crippen molar-refractivity contribution in [2.45, 2.75) is 36.8 Å². The number of hydrogen-bond donors (Lipinski definition) is 3. The number of nitrogens with two attached hydrogens (primary N) is 1. The molecule has 1 aliphatic carbocycles. The summed E-state index contributed by atoms with van der Waals surface area (Å²) in [7, 11) is 0. The molecule has 0 atom stereocenters. The highest BCUT2D eigenvalue weighted by molar-refractivity contribution is 7.99. The summed E-state index contributed by atoms with van der Waals surface area (Å²) in [6.07, 6.45) is 5.79. The molecule has 0 unspecified atom stereocenters. The van der Waals surface area contributed by atoms with Gasteiger partial charge in [0, 0.05) is 6.04 Å². The number of urea groups is 1. The highest BCUT2D eigenvalue weighted by Crippen LogP contribution is 2.17. The summed E-state index contributed by atoms with van der Waals surface area (Å²) >= 11 is 1.26. The van der Waals surface area contributed by atoms with Crippen LogP contribution < -0.4 is 16.4 Å². The molecule has 2 rings (SSSR count). The molecule has 20 heavy (non-hydrogen) atoms. The molecule has 1 aliphatic rings. The monoisotopic (exact) mass is 294 g/mol. The second kappa shape index (κ2) is 7.14. The van der Waals surface area contributed by atoms with Crippen molar-refractivity contribution in [2.75, 3.05) is 11.5 Å². The number of thioether (sulfide) groups is 1. The number of rotatable bonds is 4. The summed E-state index contributed by atoms with van der Waals surface area (Å²) in [5.74, 6) is -0.182. The maximum Gasteiger partial charge on any atom is 0.321 e. The molecule has 1 aromatic rings. The average molecular weight is 294 g/mol. The fraction of sp³-hybridized carbons (Fsp3) is 0.462. The normalized spacial score (nSPS) is 15.0. The Kier molecular flexibility index (Phi) is 5.23. The van der Waals surface area contributed by atoms with Crippen molar-refractivity contribution in [3.63, 3.8) is 0 Å². The lowest BCUT2D eigenvalue weighted by atomic mass is 10.2. The minimum absolute atomic E-state index is 0.148. The molecule has 0 aromatic carbocycles. The Morgan fingerprint density at radius 3 is 2.75 bits per heavy atom. The predicted molar refractivity (Wildman–Crippen MR) is 78.3 cm³/mol. The van der Waals surface area contributed by atoms with Crippen LogP contribution in [-0.2, 0) is 4.79 Å². The third-order valence-corrected chi connectivity index (χ3v) is 4.00. The Labute approximate surface area is 121 Å². The number of carbonyl (C=O) groups excluding carboxylic acids is 2. The van der Waals surface area contributed by atoms with Crippen LogP contribution in [0.25, 0.3) is 0 Å². The molecule has 6 nitrogen and oxygen atoms in total. The van der Waals surface area contributed by atoms with E-state index in [2.05, 4.69) is 15.6 Å². The SMILES string of the molecule is Nc1ccc(SCC(=O)NC(=O)NC2CCCC2)nc1. The van der Waals surface area contributed by atoms with Gasteiger partial charge in [-0.15, -0.1) is 0 Å². The number of imide groups is 1. The van der Waals surface area contributed by atoms with Crippen LogP contribution in [0.3, 0.4) is 0 Å². The minimum atomic E-state index is -0.409. The van der Waals surface area contributed by atoms with Crippen LogP contribution in [0.15, 0.2) is 23.4 Å². The fourth-order valence-electron chi connectivity index (χ4n) is 2.07. The van der Waals surface area contributed by atoms with Crippen LogP contribution in [0.5, 0.6) is 0 Å². The van der Waals surface area contributed by atoms with Gasteiger partial charge >= 0.3 is 6.03 Å². The Balaban J connectivity index is 1.69. The lowest BCUT2D eigenvalue weighted by molar-refractivity contribution is -0.117. The number of aromatic nitrogens is 1. The summed E-state index contributed by atoms with van der Waals surface area (Å²) in [5, 5.41) is 5.83. The highest BCUT2D eigenvalue weighted by atomic mass is 32.2. The molecule has 0 aliphatic heterocycles. The number of anilines is 1. The van der Waals surface area contributed by atoms with Crippen LogP contribution >= 0.6 is 11.8 Å². The molecule has 1 saturated carbocycles. The van der Waals surface area contributed by atoms with Crippen molar-refractivity contribution in [1.29, 1.82) is 0 Å². The summed E-state index contributed by atoms with van der Waals surface area (Å²) in [6, 6.07) is 3.26. The minimum Gasteiger partial charge on any atom is -0.397 e. The van der Waals surface area contributed by atoms with Gasteiger partial charge in [-0.25, -0.2) is 9.78 Å². The van der Waals surface area contributed by atoms with Crippen molar-refractivity contribution < 1.29 is 9.59 Å². The molecule has 0 saturated heterocycles. The molecule has 108 valence electrons. The lowest BCUT2D eigenvalue weighted by Crippen LogP contribution is -2.44. The number of nitrogens with zero attached hydrogens (tertiary/aromatic N) is 1. The Morgan fingerprint density at radius 2 is 2.10 bits per heavy atom. The smallest absolute Gasteiger partial charge is 0.321 e. The first kappa shape index (κ1) is 14.6. The predicted octanol–water partition coefficient (Wildman–Crippen LogP) is 1.52. The first-order valence-corrected chi connectivity index (χ1v) is 7.57. The molecule has 0 bridgehead atoms. The van der Waals surface area contributed by atoms with E-state index < -0.39 is 6.03 Å². The van der Waals surface area contributed by atoms with Crippen LogP contribution in [-0.4, -0.2) is 28.7 Å². The summed E-state index contributed by atoms with van der Waals surface area (Å²) in [6.45, 7) is 0. The summed E-state index contributed by atoms with van der Waals surface area (Å²) < 4.78 is 0. The topological polar surface area (TPSA) is 97.1 Å². The Bertz CT molecular complexity index is 472. The van der Waals surface area contributed by atoms with Crippen LogP contribution in [0.1, 0.15) is 25.7 Å². The number of carbonyl (C=O) groups is 2. The average Bonchev–Trinajstić information content (AvgIpc) is 2.90. The van der Waals surface area contributed by atoms with E-state index in [4.69, 9.17) is 5.73 Å². The summed E-state index contributed by atoms with van der Waals surface area (Å²) in [5.41, 5.74) is 6.10. The van der Waals surface area contributed by atoms with Crippen LogP contribution in [0, 0.1) is 0 Å². The van der Waals surface area contributed by atoms with E-state index in [-0.39, 0.29) is 17.7 Å². The summed E-state index contributed by atoms with van der Waals surface area (Å²) in [4.78, 5) is 27.3. The van der Waals surface area contributed by atoms with Crippen LogP contribution in [0.2, 0.25) is 0 Å². The van der Waals surface area contributed by atoms with Gasteiger partial charge in [-0.1, -0.05) is 24.6 Å². The maximum absolute atomic E-state index is 11.6. The molecule has 7 heteroatoms. The molecule has 1 fully saturated rings. The maximum atomic E-state index is 11.6. The van der Waals surface area contributed by atoms with E-state index in [1.807, 2.05) is 0 Å². The standard InChI is InChI=1S/C13H18N4O2S/c14-9-5-6-12(15-7-9)20-8-11(18)17-13(19)16-10-3-1-2-4-10/h5-7,10H,1-4,8,14H2,(H2,16,17,18,19). The zero-order chi connectivity index (χ0) is 14.4. The number of hydrogen-bond acceptors (Lipinski definition) is 5. The molecular weight excluding hydrogens is 276 g/mol. The quantitative estimate of drug-likeness (QED) is 0.732. The molecule has 0 spiro atoms. The van der Waals surface area contributed by atoms with Gasteiger partial charge < -0.3 is 11.1 Å². The van der Waals surface area contributed by atoms with Crippen molar-refractivity contribution >= 4 is 29.4 Å². The van der Waals surface area contributed by atoms with E-state index in [0.717, 1.165) is 25.7 Å². The zero-order valence-corrected chi connectivity index (χ0v) is 11.9. The highest BCUT2D eigenvalue weighted by Gasteiger charge is 2.18. The molecule has 3 amide bonds. The molecule has 1 aromatic heterocycles. The van der Waals surface area contributed by atoms with Gasteiger partial charge in [0.2, 0.25) is 5.91 Å². The number of amides is 3. The van der Waals surface area contributed by atoms with E-state index in [0.29, 0.717) is 10.7 Å². The number of nitrogen functional groups attached to an aromatic ring is 1. The van der Waals surface area contributed by atoms with Crippen LogP contribution in [0.4, 0.5) is 10.5 Å². The molecule has 0 radical (unpaired) electrons. The van der Waals surface area contributed by atoms with Crippen molar-refractivity contribution in [2.24, 2.45) is 0 Å². The Morgan fingerprint density at radius 1 is 1.35 bits per heavy atom. The van der Waals surface area contributed by atoms with Crippen molar-refractivity contribution in [3.8, 4) is 0 Å². The van der Waals surface area contributed by atoms with Gasteiger partial charge in [-0.05, 0) is 25.0 Å². The second-order valence-electron chi connectivity index (χ2n) is 4.72. The number of nitrogens with one attached hydrogen (secondary N) is 2. The van der Waals surface area contributed by atoms with E-state index >= 15 is 0 Å². The third-order valence-electron chi connectivity index (χ3n) is 3.05. The second-order valence-corrected chi connectivity index (χ2v) is 5.72. The first-order valence-electron chi connectivity index (χ1n) is 6.58. The molecule has 1 heterocycles. The van der Waals surface area contributed by atoms with Gasteiger partial charge in [0.15, 0.2) is 0 Å². The largest absolute Gasteiger partial charge is 0.397 e.